The minimum absolute atomic E-state index is 0.00471. The highest BCUT2D eigenvalue weighted by Crippen LogP contribution is 2.21. The first-order valence-electron chi connectivity index (χ1n) is 5.50. The van der Waals surface area contributed by atoms with Crippen molar-refractivity contribution in [3.05, 3.63) is 64.2 Å². The van der Waals surface area contributed by atoms with Gasteiger partial charge in [-0.1, -0.05) is 23.7 Å². The van der Waals surface area contributed by atoms with Crippen LogP contribution in [0.3, 0.4) is 0 Å². The zero-order chi connectivity index (χ0) is 14.0. The van der Waals surface area contributed by atoms with Crippen LogP contribution in [0.2, 0.25) is 5.02 Å². The highest BCUT2D eigenvalue weighted by molar-refractivity contribution is 6.34. The molecule has 2 aromatic rings. The van der Waals surface area contributed by atoms with Crippen LogP contribution in [0.1, 0.15) is 15.9 Å². The quantitative estimate of drug-likeness (QED) is 0.879. The molecule has 0 aromatic heterocycles. The second-order valence-corrected chi connectivity index (χ2v) is 4.42. The molecule has 2 aromatic carbocycles. The zero-order valence-electron chi connectivity index (χ0n) is 10.0. The number of halogens is 3. The summed E-state index contributed by atoms with van der Waals surface area (Å²) in [6.07, 6.45) is 0. The van der Waals surface area contributed by atoms with E-state index in [9.17, 15) is 13.6 Å². The molecule has 0 unspecified atom stereocenters. The van der Waals surface area contributed by atoms with E-state index < -0.39 is 17.5 Å². The maximum atomic E-state index is 13.5. The second kappa shape index (κ2) is 5.36. The molecule has 0 aliphatic heterocycles. The molecule has 0 radical (unpaired) electrons. The van der Waals surface area contributed by atoms with Gasteiger partial charge in [0, 0.05) is 5.69 Å². The van der Waals surface area contributed by atoms with E-state index in [2.05, 4.69) is 5.32 Å². The Morgan fingerprint density at radius 2 is 1.89 bits per heavy atom. The van der Waals surface area contributed by atoms with Crippen LogP contribution in [0.25, 0.3) is 0 Å². The van der Waals surface area contributed by atoms with Crippen molar-refractivity contribution in [1.29, 1.82) is 0 Å². The largest absolute Gasteiger partial charge is 0.322 e. The monoisotopic (exact) mass is 281 g/mol. The van der Waals surface area contributed by atoms with Crippen LogP contribution in [0.4, 0.5) is 14.5 Å². The van der Waals surface area contributed by atoms with E-state index in [1.807, 2.05) is 0 Å². The summed E-state index contributed by atoms with van der Waals surface area (Å²) >= 11 is 5.77. The third-order valence-corrected chi connectivity index (χ3v) is 2.93. The summed E-state index contributed by atoms with van der Waals surface area (Å²) in [4.78, 5) is 11.9. The van der Waals surface area contributed by atoms with E-state index in [0.717, 1.165) is 6.07 Å². The van der Waals surface area contributed by atoms with E-state index in [1.54, 1.807) is 6.92 Å². The fourth-order valence-electron chi connectivity index (χ4n) is 1.58. The van der Waals surface area contributed by atoms with Crippen molar-refractivity contribution >= 4 is 23.2 Å². The van der Waals surface area contributed by atoms with Crippen LogP contribution >= 0.6 is 11.6 Å². The Labute approximate surface area is 114 Å². The minimum atomic E-state index is -0.724. The molecule has 0 saturated carbocycles. The Bertz CT molecular complexity index is 623. The van der Waals surface area contributed by atoms with E-state index in [-0.39, 0.29) is 16.3 Å². The Morgan fingerprint density at radius 1 is 1.16 bits per heavy atom. The Morgan fingerprint density at radius 3 is 2.53 bits per heavy atom. The fraction of sp³-hybridized carbons (Fsp3) is 0.0714. The first kappa shape index (κ1) is 13.5. The summed E-state index contributed by atoms with van der Waals surface area (Å²) < 4.78 is 26.9. The molecule has 5 heteroatoms. The van der Waals surface area contributed by atoms with Crippen molar-refractivity contribution in [3.63, 3.8) is 0 Å². The summed E-state index contributed by atoms with van der Waals surface area (Å²) in [6.45, 7) is 1.61. The minimum Gasteiger partial charge on any atom is -0.322 e. The molecule has 2 rings (SSSR count). The number of rotatable bonds is 2. The van der Waals surface area contributed by atoms with Gasteiger partial charge in [0.15, 0.2) is 0 Å². The second-order valence-electron chi connectivity index (χ2n) is 4.01. The molecular weight excluding hydrogens is 272 g/mol. The van der Waals surface area contributed by atoms with Crippen molar-refractivity contribution in [3.8, 4) is 0 Å². The van der Waals surface area contributed by atoms with Gasteiger partial charge in [-0.2, -0.15) is 0 Å². The van der Waals surface area contributed by atoms with E-state index in [4.69, 9.17) is 11.6 Å². The van der Waals surface area contributed by atoms with E-state index in [0.29, 0.717) is 5.56 Å². The third kappa shape index (κ3) is 2.90. The van der Waals surface area contributed by atoms with Crippen LogP contribution in [0.15, 0.2) is 36.4 Å². The van der Waals surface area contributed by atoms with Gasteiger partial charge in [0.25, 0.3) is 5.91 Å². The molecular formula is C14H10ClF2NO. The normalized spacial score (nSPS) is 10.3. The van der Waals surface area contributed by atoms with Crippen LogP contribution in [-0.2, 0) is 0 Å². The number of benzene rings is 2. The molecule has 0 atom stereocenters. The van der Waals surface area contributed by atoms with Crippen LogP contribution in [0, 0.1) is 18.6 Å². The molecule has 98 valence electrons. The molecule has 0 saturated heterocycles. The fourth-order valence-corrected chi connectivity index (χ4v) is 1.83. The van der Waals surface area contributed by atoms with Gasteiger partial charge in [-0.05, 0) is 36.8 Å². The van der Waals surface area contributed by atoms with Gasteiger partial charge in [-0.3, -0.25) is 4.79 Å². The summed E-state index contributed by atoms with van der Waals surface area (Å²) in [5.41, 5.74) is 0.444. The number of amides is 1. The van der Waals surface area contributed by atoms with Crippen LogP contribution in [-0.4, -0.2) is 5.91 Å². The summed E-state index contributed by atoms with van der Waals surface area (Å²) in [6, 6.07) is 8.17. The lowest BCUT2D eigenvalue weighted by Gasteiger charge is -2.08. The number of aryl methyl sites for hydroxylation is 1. The van der Waals surface area contributed by atoms with Gasteiger partial charge in [-0.25, -0.2) is 8.78 Å². The topological polar surface area (TPSA) is 29.1 Å². The lowest BCUT2D eigenvalue weighted by molar-refractivity contribution is 0.102. The maximum absolute atomic E-state index is 13.5. The summed E-state index contributed by atoms with van der Waals surface area (Å²) in [5, 5.41) is 2.41. The molecule has 0 heterocycles. The van der Waals surface area contributed by atoms with Crippen molar-refractivity contribution in [2.75, 3.05) is 5.32 Å². The number of hydrogen-bond donors (Lipinski definition) is 1. The Hall–Kier alpha value is -1.94. The standard InChI is InChI=1S/C14H10ClF2NO/c1-8-5-6-9(7-12(8)17)18-14(19)13-10(15)3-2-4-11(13)16/h2-7H,1H3,(H,18,19). The number of hydrogen-bond acceptors (Lipinski definition) is 1. The first-order chi connectivity index (χ1) is 8.99. The average molecular weight is 282 g/mol. The summed E-state index contributed by atoms with van der Waals surface area (Å²) in [7, 11) is 0. The third-order valence-electron chi connectivity index (χ3n) is 2.62. The smallest absolute Gasteiger partial charge is 0.260 e. The molecule has 2 nitrogen and oxygen atoms in total. The van der Waals surface area contributed by atoms with Crippen molar-refractivity contribution < 1.29 is 13.6 Å². The van der Waals surface area contributed by atoms with Crippen LogP contribution in [0.5, 0.6) is 0 Å². The number of carbonyl (C=O) groups excluding carboxylic acids is 1. The van der Waals surface area contributed by atoms with E-state index in [1.165, 1.54) is 30.3 Å². The molecule has 0 fully saturated rings. The molecule has 0 bridgehead atoms. The van der Waals surface area contributed by atoms with Crippen LogP contribution < -0.4 is 5.32 Å². The lowest BCUT2D eigenvalue weighted by atomic mass is 10.1. The highest BCUT2D eigenvalue weighted by atomic mass is 35.5. The average Bonchev–Trinajstić information content (AvgIpc) is 2.33. The van der Waals surface area contributed by atoms with Gasteiger partial charge in [-0.15, -0.1) is 0 Å². The molecule has 0 aliphatic rings. The molecule has 0 aliphatic carbocycles. The maximum Gasteiger partial charge on any atom is 0.260 e. The van der Waals surface area contributed by atoms with Gasteiger partial charge in [0.05, 0.1) is 10.6 Å². The number of carbonyl (C=O) groups is 1. The molecule has 0 spiro atoms. The van der Waals surface area contributed by atoms with Crippen molar-refractivity contribution in [2.45, 2.75) is 6.92 Å². The summed E-state index contributed by atoms with van der Waals surface area (Å²) in [5.74, 6) is -1.89. The Balaban J connectivity index is 2.28. The predicted molar refractivity (Wildman–Crippen MR) is 70.5 cm³/mol. The molecule has 19 heavy (non-hydrogen) atoms. The molecule has 1 N–H and O–H groups in total. The molecule has 1 amide bonds. The first-order valence-corrected chi connectivity index (χ1v) is 5.88. The highest BCUT2D eigenvalue weighted by Gasteiger charge is 2.16. The van der Waals surface area contributed by atoms with Gasteiger partial charge < -0.3 is 5.32 Å². The van der Waals surface area contributed by atoms with Crippen molar-refractivity contribution in [1.82, 2.24) is 0 Å². The van der Waals surface area contributed by atoms with Crippen molar-refractivity contribution in [2.24, 2.45) is 0 Å². The predicted octanol–water partition coefficient (Wildman–Crippen LogP) is 4.18. The van der Waals surface area contributed by atoms with E-state index >= 15 is 0 Å². The SMILES string of the molecule is Cc1ccc(NC(=O)c2c(F)cccc2Cl)cc1F. The lowest BCUT2D eigenvalue weighted by Crippen LogP contribution is -2.14. The number of anilines is 1. The number of nitrogens with one attached hydrogen (secondary N) is 1. The van der Waals surface area contributed by atoms with Gasteiger partial charge in [0.1, 0.15) is 11.6 Å². The van der Waals surface area contributed by atoms with Gasteiger partial charge >= 0.3 is 0 Å². The van der Waals surface area contributed by atoms with Gasteiger partial charge in [0.2, 0.25) is 0 Å². The zero-order valence-corrected chi connectivity index (χ0v) is 10.8. The Kier molecular flexibility index (Phi) is 3.81.